The molecule has 0 radical (unpaired) electrons. The van der Waals surface area contributed by atoms with Crippen LogP contribution in [-0.4, -0.2) is 25.3 Å². The first kappa shape index (κ1) is 11.1. The van der Waals surface area contributed by atoms with Crippen LogP contribution in [0.25, 0.3) is 0 Å². The van der Waals surface area contributed by atoms with Gasteiger partial charge in [-0.3, -0.25) is 0 Å². The fourth-order valence-corrected chi connectivity index (χ4v) is 3.53. The fourth-order valence-electron chi connectivity index (χ4n) is 3.53. The average Bonchev–Trinajstić information content (AvgIpc) is 2.66. The molecule has 1 aliphatic carbocycles. The number of anilines is 1. The first-order chi connectivity index (χ1) is 8.05. The van der Waals surface area contributed by atoms with Crippen molar-refractivity contribution in [3.8, 4) is 0 Å². The maximum absolute atomic E-state index is 9.40. The molecule has 92 valence electrons. The van der Waals surface area contributed by atoms with Gasteiger partial charge in [0.2, 0.25) is 0 Å². The van der Waals surface area contributed by atoms with Gasteiger partial charge in [0.25, 0.3) is 0 Å². The molecule has 1 heterocycles. The summed E-state index contributed by atoms with van der Waals surface area (Å²) in [4.78, 5) is 2.32. The summed E-state index contributed by atoms with van der Waals surface area (Å²) >= 11 is 0. The van der Waals surface area contributed by atoms with Gasteiger partial charge in [0.15, 0.2) is 0 Å². The molecule has 1 aromatic rings. The summed E-state index contributed by atoms with van der Waals surface area (Å²) in [7, 11) is 2.16. The van der Waals surface area contributed by atoms with E-state index in [0.717, 1.165) is 13.0 Å². The van der Waals surface area contributed by atoms with E-state index in [1.807, 2.05) is 0 Å². The van der Waals surface area contributed by atoms with Crippen LogP contribution in [0.2, 0.25) is 0 Å². The number of likely N-dealkylation sites (N-methyl/N-ethyl adjacent to an activating group) is 1. The predicted molar refractivity (Wildman–Crippen MR) is 70.5 cm³/mol. The SMILES string of the molecule is CN1CCc2cc(C3C(CO)C3(C)C)ccc21. The molecule has 0 saturated heterocycles. The van der Waals surface area contributed by atoms with Gasteiger partial charge in [0, 0.05) is 25.9 Å². The second-order valence-electron chi connectivity index (χ2n) is 6.15. The van der Waals surface area contributed by atoms with E-state index < -0.39 is 0 Å². The lowest BCUT2D eigenvalue weighted by Gasteiger charge is -2.12. The molecule has 1 saturated carbocycles. The van der Waals surface area contributed by atoms with Gasteiger partial charge in [-0.2, -0.15) is 0 Å². The third kappa shape index (κ3) is 1.50. The summed E-state index contributed by atoms with van der Waals surface area (Å²) in [5, 5.41) is 9.40. The van der Waals surface area contributed by atoms with Crippen LogP contribution in [0.3, 0.4) is 0 Å². The van der Waals surface area contributed by atoms with E-state index in [4.69, 9.17) is 0 Å². The number of hydrogen-bond acceptors (Lipinski definition) is 2. The molecular weight excluding hydrogens is 210 g/mol. The highest BCUT2D eigenvalue weighted by Gasteiger charge is 2.57. The molecule has 2 heteroatoms. The average molecular weight is 231 g/mol. The van der Waals surface area contributed by atoms with Crippen molar-refractivity contribution < 1.29 is 5.11 Å². The van der Waals surface area contributed by atoms with Crippen LogP contribution in [0.15, 0.2) is 18.2 Å². The van der Waals surface area contributed by atoms with Crippen molar-refractivity contribution in [1.82, 2.24) is 0 Å². The number of nitrogens with zero attached hydrogens (tertiary/aromatic N) is 1. The van der Waals surface area contributed by atoms with Crippen LogP contribution < -0.4 is 4.90 Å². The second kappa shape index (κ2) is 3.49. The van der Waals surface area contributed by atoms with Crippen LogP contribution in [0.1, 0.15) is 30.9 Å². The lowest BCUT2D eigenvalue weighted by atomic mass is 10.00. The molecule has 0 amide bonds. The van der Waals surface area contributed by atoms with E-state index in [9.17, 15) is 5.11 Å². The number of aliphatic hydroxyl groups excluding tert-OH is 1. The molecule has 1 fully saturated rings. The van der Waals surface area contributed by atoms with Crippen molar-refractivity contribution in [2.45, 2.75) is 26.2 Å². The van der Waals surface area contributed by atoms with Gasteiger partial charge in [-0.15, -0.1) is 0 Å². The number of rotatable bonds is 2. The highest BCUT2D eigenvalue weighted by molar-refractivity contribution is 5.59. The van der Waals surface area contributed by atoms with Gasteiger partial charge in [0.05, 0.1) is 0 Å². The Balaban J connectivity index is 1.92. The van der Waals surface area contributed by atoms with Crippen molar-refractivity contribution in [1.29, 1.82) is 0 Å². The molecular formula is C15H21NO. The molecule has 0 spiro atoms. The summed E-state index contributed by atoms with van der Waals surface area (Å²) in [5.74, 6) is 0.989. The lowest BCUT2D eigenvalue weighted by molar-refractivity contribution is 0.257. The van der Waals surface area contributed by atoms with E-state index in [-0.39, 0.29) is 5.41 Å². The van der Waals surface area contributed by atoms with Gasteiger partial charge in [-0.1, -0.05) is 26.0 Å². The standard InChI is InChI=1S/C15H21NO/c1-15(2)12(9-17)14(15)11-4-5-13-10(8-11)6-7-16(13)3/h4-5,8,12,14,17H,6-7,9H2,1-3H3. The molecule has 0 bridgehead atoms. The smallest absolute Gasteiger partial charge is 0.0470 e. The second-order valence-corrected chi connectivity index (χ2v) is 6.15. The van der Waals surface area contributed by atoms with Gasteiger partial charge in [-0.25, -0.2) is 0 Å². The summed E-state index contributed by atoms with van der Waals surface area (Å²) < 4.78 is 0. The zero-order valence-corrected chi connectivity index (χ0v) is 10.9. The van der Waals surface area contributed by atoms with Crippen LogP contribution in [-0.2, 0) is 6.42 Å². The van der Waals surface area contributed by atoms with E-state index in [1.165, 1.54) is 16.8 Å². The number of fused-ring (bicyclic) bond motifs is 1. The van der Waals surface area contributed by atoms with Crippen LogP contribution >= 0.6 is 0 Å². The molecule has 1 N–H and O–H groups in total. The Hall–Kier alpha value is -1.02. The number of hydrogen-bond donors (Lipinski definition) is 1. The van der Waals surface area contributed by atoms with E-state index in [2.05, 4.69) is 44.0 Å². The third-order valence-corrected chi connectivity index (χ3v) is 4.84. The molecule has 17 heavy (non-hydrogen) atoms. The first-order valence-electron chi connectivity index (χ1n) is 6.50. The zero-order chi connectivity index (χ0) is 12.2. The minimum absolute atomic E-state index is 0.271. The number of benzene rings is 1. The highest BCUT2D eigenvalue weighted by Crippen LogP contribution is 2.64. The highest BCUT2D eigenvalue weighted by atomic mass is 16.3. The molecule has 0 aromatic heterocycles. The molecule has 2 unspecified atom stereocenters. The van der Waals surface area contributed by atoms with Crippen molar-refractivity contribution in [3.63, 3.8) is 0 Å². The fraction of sp³-hybridized carbons (Fsp3) is 0.600. The lowest BCUT2D eigenvalue weighted by Crippen LogP contribution is -2.12. The van der Waals surface area contributed by atoms with Crippen molar-refractivity contribution in [3.05, 3.63) is 29.3 Å². The summed E-state index contributed by atoms with van der Waals surface area (Å²) in [5.41, 5.74) is 4.55. The maximum Gasteiger partial charge on any atom is 0.0470 e. The molecule has 3 rings (SSSR count). The van der Waals surface area contributed by atoms with Gasteiger partial charge in [-0.05, 0) is 40.9 Å². The van der Waals surface area contributed by atoms with Crippen molar-refractivity contribution >= 4 is 5.69 Å². The Morgan fingerprint density at radius 1 is 1.41 bits per heavy atom. The van der Waals surface area contributed by atoms with Crippen molar-refractivity contribution in [2.24, 2.45) is 11.3 Å². The largest absolute Gasteiger partial charge is 0.396 e. The molecule has 2 nitrogen and oxygen atoms in total. The predicted octanol–water partition coefficient (Wildman–Crippen LogP) is 2.41. The molecule has 1 aromatic carbocycles. The Kier molecular flexibility index (Phi) is 2.27. The Bertz CT molecular complexity index is 452. The normalized spacial score (nSPS) is 29.3. The molecule has 2 aliphatic rings. The summed E-state index contributed by atoms with van der Waals surface area (Å²) in [6.07, 6.45) is 1.16. The van der Waals surface area contributed by atoms with Gasteiger partial charge in [0.1, 0.15) is 0 Å². The Morgan fingerprint density at radius 2 is 2.18 bits per heavy atom. The summed E-state index contributed by atoms with van der Waals surface area (Å²) in [6, 6.07) is 6.87. The monoisotopic (exact) mass is 231 g/mol. The Labute approximate surface area is 103 Å². The van der Waals surface area contributed by atoms with Gasteiger partial charge < -0.3 is 10.0 Å². The zero-order valence-electron chi connectivity index (χ0n) is 10.9. The quantitative estimate of drug-likeness (QED) is 0.845. The van der Waals surface area contributed by atoms with E-state index in [1.54, 1.807) is 0 Å². The van der Waals surface area contributed by atoms with E-state index >= 15 is 0 Å². The van der Waals surface area contributed by atoms with E-state index in [0.29, 0.717) is 18.4 Å². The molecule has 2 atom stereocenters. The van der Waals surface area contributed by atoms with Crippen molar-refractivity contribution in [2.75, 3.05) is 25.1 Å². The minimum atomic E-state index is 0.271. The van der Waals surface area contributed by atoms with Crippen LogP contribution in [0, 0.1) is 11.3 Å². The van der Waals surface area contributed by atoms with Gasteiger partial charge >= 0.3 is 0 Å². The minimum Gasteiger partial charge on any atom is -0.396 e. The number of aliphatic hydroxyl groups is 1. The van der Waals surface area contributed by atoms with Crippen LogP contribution in [0.4, 0.5) is 5.69 Å². The summed E-state index contributed by atoms with van der Waals surface area (Å²) in [6.45, 7) is 5.97. The van der Waals surface area contributed by atoms with Crippen LogP contribution in [0.5, 0.6) is 0 Å². The first-order valence-corrected chi connectivity index (χ1v) is 6.50. The topological polar surface area (TPSA) is 23.5 Å². The Morgan fingerprint density at radius 3 is 2.82 bits per heavy atom. The molecule has 1 aliphatic heterocycles. The third-order valence-electron chi connectivity index (χ3n) is 4.84. The maximum atomic E-state index is 9.40.